The van der Waals surface area contributed by atoms with Gasteiger partial charge in [0.15, 0.2) is 10.8 Å². The van der Waals surface area contributed by atoms with Crippen molar-refractivity contribution in [1.29, 1.82) is 0 Å². The lowest BCUT2D eigenvalue weighted by Crippen LogP contribution is -2.47. The molecule has 28 heavy (non-hydrogen) atoms. The molecule has 0 aliphatic carbocycles. The highest BCUT2D eigenvalue weighted by atomic mass is 32.1. The third-order valence-corrected chi connectivity index (χ3v) is 6.18. The number of rotatable bonds is 5. The molecular formula is C17H21N5O5S. The molecule has 0 bridgehead atoms. The Morgan fingerprint density at radius 2 is 1.71 bits per heavy atom. The summed E-state index contributed by atoms with van der Waals surface area (Å²) in [6, 6.07) is 1.23. The van der Waals surface area contributed by atoms with Crippen LogP contribution in [0.4, 0.5) is 22.2 Å². The van der Waals surface area contributed by atoms with Crippen molar-refractivity contribution in [1.82, 2.24) is 4.98 Å². The van der Waals surface area contributed by atoms with Crippen LogP contribution in [0, 0.1) is 41.0 Å². The fraction of sp³-hybridized carbons (Fsp3) is 0.471. The number of nitrogens with zero attached hydrogens (tertiary/aromatic N) is 5. The Balaban J connectivity index is 1.96. The molecule has 0 saturated carbocycles. The molecule has 0 radical (unpaired) electrons. The molecule has 1 saturated heterocycles. The van der Waals surface area contributed by atoms with Crippen molar-refractivity contribution < 1.29 is 15.0 Å². The van der Waals surface area contributed by atoms with E-state index in [0.717, 1.165) is 15.7 Å². The van der Waals surface area contributed by atoms with Gasteiger partial charge in [-0.25, -0.2) is 4.98 Å². The molecule has 2 heterocycles. The highest BCUT2D eigenvalue weighted by molar-refractivity contribution is 7.15. The van der Waals surface area contributed by atoms with E-state index in [1.807, 2.05) is 13.8 Å². The molecule has 11 heteroatoms. The summed E-state index contributed by atoms with van der Waals surface area (Å²) in [4.78, 5) is 31.5. The lowest BCUT2D eigenvalue weighted by atomic mass is 10.0. The maximum absolute atomic E-state index is 11.7. The number of anilines is 2. The number of aryl methyl sites for hydroxylation is 2. The molecular weight excluding hydrogens is 386 g/mol. The topological polar surface area (TPSA) is 126 Å². The molecule has 1 aliphatic heterocycles. The normalized spacial score (nSPS) is 14.4. The van der Waals surface area contributed by atoms with Gasteiger partial charge in [-0.15, -0.1) is 11.3 Å². The van der Waals surface area contributed by atoms with Gasteiger partial charge >= 0.3 is 5.69 Å². The minimum absolute atomic E-state index is 0.0100. The minimum Gasteiger partial charge on any atom is -0.392 e. The van der Waals surface area contributed by atoms with Crippen LogP contribution in [0.25, 0.3) is 0 Å². The first-order chi connectivity index (χ1) is 13.2. The Kier molecular flexibility index (Phi) is 5.47. The molecule has 0 spiro atoms. The second-order valence-corrected chi connectivity index (χ2v) is 7.84. The highest BCUT2D eigenvalue weighted by Gasteiger charge is 2.35. The minimum atomic E-state index is -0.624. The van der Waals surface area contributed by atoms with Crippen molar-refractivity contribution in [2.24, 2.45) is 0 Å². The highest BCUT2D eigenvalue weighted by Crippen LogP contribution is 2.42. The van der Waals surface area contributed by atoms with Gasteiger partial charge in [-0.1, -0.05) is 0 Å². The van der Waals surface area contributed by atoms with Crippen LogP contribution in [0.1, 0.15) is 21.7 Å². The van der Waals surface area contributed by atoms with Crippen molar-refractivity contribution in [3.63, 3.8) is 0 Å². The molecule has 0 amide bonds. The van der Waals surface area contributed by atoms with E-state index in [0.29, 0.717) is 26.2 Å². The zero-order valence-electron chi connectivity index (χ0n) is 15.8. The second-order valence-electron chi connectivity index (χ2n) is 6.66. The number of thiazole rings is 1. The van der Waals surface area contributed by atoms with E-state index in [4.69, 9.17) is 0 Å². The maximum Gasteiger partial charge on any atom is 0.302 e. The van der Waals surface area contributed by atoms with Crippen molar-refractivity contribution in [2.45, 2.75) is 27.4 Å². The Morgan fingerprint density at radius 3 is 2.18 bits per heavy atom. The molecule has 1 aromatic carbocycles. The van der Waals surface area contributed by atoms with E-state index >= 15 is 0 Å². The Hall–Kier alpha value is -2.79. The summed E-state index contributed by atoms with van der Waals surface area (Å²) in [5.41, 5.74) is 0.763. The van der Waals surface area contributed by atoms with Gasteiger partial charge in [-0.3, -0.25) is 20.2 Å². The van der Waals surface area contributed by atoms with Crippen molar-refractivity contribution in [3.8, 4) is 0 Å². The van der Waals surface area contributed by atoms with Crippen LogP contribution in [-0.4, -0.2) is 46.1 Å². The lowest BCUT2D eigenvalue weighted by Gasteiger charge is -2.35. The van der Waals surface area contributed by atoms with Crippen LogP contribution in [0.3, 0.4) is 0 Å². The lowest BCUT2D eigenvalue weighted by molar-refractivity contribution is -0.393. The molecule has 150 valence electrons. The summed E-state index contributed by atoms with van der Waals surface area (Å²) in [6.07, 6.45) is 0. The van der Waals surface area contributed by atoms with E-state index in [1.165, 1.54) is 13.0 Å². The smallest absolute Gasteiger partial charge is 0.302 e. The van der Waals surface area contributed by atoms with Gasteiger partial charge in [-0.2, -0.15) is 0 Å². The standard InChI is InChI=1S/C17H21N5O5S/c1-10-13(9-23)8-14(21(24)25)16(15(10)22(26)27)19-4-6-20(7-5-19)17-18-11(2)12(3)28-17/h8,23H,4-7,9H2,1-3H3. The third-order valence-electron chi connectivity index (χ3n) is 5.05. The first kappa shape index (κ1) is 20.0. The predicted molar refractivity (Wildman–Crippen MR) is 106 cm³/mol. The molecule has 0 atom stereocenters. The fourth-order valence-corrected chi connectivity index (χ4v) is 4.31. The first-order valence-electron chi connectivity index (χ1n) is 8.74. The Bertz CT molecular complexity index is 917. The molecule has 1 aliphatic rings. The second kappa shape index (κ2) is 7.68. The van der Waals surface area contributed by atoms with Gasteiger partial charge < -0.3 is 14.9 Å². The van der Waals surface area contributed by atoms with Crippen LogP contribution in [0.5, 0.6) is 0 Å². The number of piperazine rings is 1. The fourth-order valence-electron chi connectivity index (χ4n) is 3.34. The van der Waals surface area contributed by atoms with E-state index in [-0.39, 0.29) is 28.2 Å². The quantitative estimate of drug-likeness (QED) is 0.592. The van der Waals surface area contributed by atoms with Crippen LogP contribution in [0.2, 0.25) is 0 Å². The van der Waals surface area contributed by atoms with Crippen molar-refractivity contribution in [3.05, 3.63) is 48.0 Å². The third kappa shape index (κ3) is 3.50. The summed E-state index contributed by atoms with van der Waals surface area (Å²) >= 11 is 1.59. The number of nitro groups is 2. The summed E-state index contributed by atoms with van der Waals surface area (Å²) in [6.45, 7) is 6.88. The van der Waals surface area contributed by atoms with E-state index in [9.17, 15) is 25.3 Å². The molecule has 1 fully saturated rings. The summed E-state index contributed by atoms with van der Waals surface area (Å²) in [5, 5.41) is 33.7. The van der Waals surface area contributed by atoms with Crippen LogP contribution < -0.4 is 9.80 Å². The molecule has 10 nitrogen and oxygen atoms in total. The van der Waals surface area contributed by atoms with Gasteiger partial charge in [0.1, 0.15) is 0 Å². The van der Waals surface area contributed by atoms with Gasteiger partial charge in [0.05, 0.1) is 22.1 Å². The Labute approximate surface area is 165 Å². The molecule has 3 rings (SSSR count). The molecule has 2 aromatic rings. The average molecular weight is 407 g/mol. The van der Waals surface area contributed by atoms with Crippen molar-refractivity contribution in [2.75, 3.05) is 36.0 Å². The number of nitro benzene ring substituents is 2. The number of aliphatic hydroxyl groups is 1. The largest absolute Gasteiger partial charge is 0.392 e. The van der Waals surface area contributed by atoms with Gasteiger partial charge in [0.2, 0.25) is 0 Å². The van der Waals surface area contributed by atoms with E-state index in [1.54, 1.807) is 16.2 Å². The average Bonchev–Trinajstić information content (AvgIpc) is 2.99. The number of benzene rings is 1. The zero-order valence-corrected chi connectivity index (χ0v) is 16.7. The van der Waals surface area contributed by atoms with Crippen molar-refractivity contribution >= 4 is 33.5 Å². The SMILES string of the molecule is Cc1nc(N2CCN(c3c([N+](=O)[O-])cc(CO)c(C)c3[N+](=O)[O-])CC2)sc1C. The maximum atomic E-state index is 11.7. The summed E-state index contributed by atoms with van der Waals surface area (Å²) in [7, 11) is 0. The Morgan fingerprint density at radius 1 is 1.11 bits per heavy atom. The van der Waals surface area contributed by atoms with Gasteiger partial charge in [-0.05, 0) is 26.3 Å². The number of aliphatic hydroxyl groups excluding tert-OH is 1. The zero-order chi connectivity index (χ0) is 20.6. The van der Waals surface area contributed by atoms with Gasteiger partial charge in [0, 0.05) is 42.7 Å². The molecule has 1 aromatic heterocycles. The van der Waals surface area contributed by atoms with E-state index < -0.39 is 16.5 Å². The molecule has 1 N–H and O–H groups in total. The summed E-state index contributed by atoms with van der Waals surface area (Å²) in [5.74, 6) is 0. The van der Waals surface area contributed by atoms with Gasteiger partial charge in [0.25, 0.3) is 5.69 Å². The van der Waals surface area contributed by atoms with E-state index in [2.05, 4.69) is 9.88 Å². The monoisotopic (exact) mass is 407 g/mol. The van der Waals surface area contributed by atoms with Crippen LogP contribution in [0.15, 0.2) is 6.07 Å². The predicted octanol–water partition coefficient (Wildman–Crippen LogP) is 2.70. The number of hydrogen-bond donors (Lipinski definition) is 1. The van der Waals surface area contributed by atoms with Crippen LogP contribution >= 0.6 is 11.3 Å². The summed E-state index contributed by atoms with van der Waals surface area (Å²) < 4.78 is 0. The first-order valence-corrected chi connectivity index (χ1v) is 9.56. The molecule has 0 unspecified atom stereocenters. The number of hydrogen-bond acceptors (Lipinski definition) is 9. The number of aromatic nitrogens is 1. The van der Waals surface area contributed by atoms with Crippen LogP contribution in [-0.2, 0) is 6.61 Å².